The minimum Gasteiger partial charge on any atom is -0.103 e. The van der Waals surface area contributed by atoms with Gasteiger partial charge in [0.15, 0.2) is 0 Å². The topological polar surface area (TPSA) is 0 Å². The van der Waals surface area contributed by atoms with Gasteiger partial charge in [-0.15, -0.1) is 6.58 Å². The van der Waals surface area contributed by atoms with Crippen LogP contribution in [0.3, 0.4) is 0 Å². The number of hydrogen-bond donors (Lipinski definition) is 0. The van der Waals surface area contributed by atoms with Crippen LogP contribution in [0.4, 0.5) is 0 Å². The van der Waals surface area contributed by atoms with Crippen LogP contribution in [-0.2, 0) is 0 Å². The SMILES string of the molecule is C=CC=CCC.C=CCCC. The molecular formula is C11H20. The van der Waals surface area contributed by atoms with Crippen LogP contribution >= 0.6 is 0 Å². The maximum absolute atomic E-state index is 3.55. The normalized spacial score (nSPS) is 8.55. The molecule has 0 aromatic heterocycles. The molecule has 0 saturated carbocycles. The molecule has 0 bridgehead atoms. The molecule has 0 aliphatic heterocycles. The third-order valence-electron chi connectivity index (χ3n) is 1.00. The summed E-state index contributed by atoms with van der Waals surface area (Å²) in [5.74, 6) is 0. The zero-order chi connectivity index (χ0) is 8.95. The molecule has 0 radical (unpaired) electrons. The third kappa shape index (κ3) is 27.0. The molecule has 0 aliphatic rings. The van der Waals surface area contributed by atoms with Crippen molar-refractivity contribution in [3.63, 3.8) is 0 Å². The van der Waals surface area contributed by atoms with E-state index in [2.05, 4.69) is 33.1 Å². The van der Waals surface area contributed by atoms with Crippen molar-refractivity contribution in [3.8, 4) is 0 Å². The molecule has 0 fully saturated rings. The smallest absolute Gasteiger partial charge is 0.0356 e. The second-order valence-electron chi connectivity index (χ2n) is 2.15. The summed E-state index contributed by atoms with van der Waals surface area (Å²) in [6.07, 6.45) is 11.2. The van der Waals surface area contributed by atoms with Crippen molar-refractivity contribution in [3.05, 3.63) is 37.5 Å². The predicted molar refractivity (Wildman–Crippen MR) is 54.7 cm³/mol. The van der Waals surface area contributed by atoms with Gasteiger partial charge in [0.25, 0.3) is 0 Å². The molecule has 0 heteroatoms. The van der Waals surface area contributed by atoms with Gasteiger partial charge in [-0.2, -0.15) is 0 Å². The highest BCUT2D eigenvalue weighted by Gasteiger charge is 1.61. The summed E-state index contributed by atoms with van der Waals surface area (Å²) in [5.41, 5.74) is 0. The van der Waals surface area contributed by atoms with E-state index in [4.69, 9.17) is 0 Å². The van der Waals surface area contributed by atoms with Gasteiger partial charge in [0.1, 0.15) is 0 Å². The zero-order valence-electron chi connectivity index (χ0n) is 7.84. The highest BCUT2D eigenvalue weighted by molar-refractivity contribution is 4.96. The monoisotopic (exact) mass is 152 g/mol. The molecule has 0 rings (SSSR count). The first-order valence-electron chi connectivity index (χ1n) is 4.21. The van der Waals surface area contributed by atoms with Crippen molar-refractivity contribution in [1.82, 2.24) is 0 Å². The first kappa shape index (κ1) is 12.9. The molecule has 0 N–H and O–H groups in total. The van der Waals surface area contributed by atoms with E-state index in [0.717, 1.165) is 12.8 Å². The summed E-state index contributed by atoms with van der Waals surface area (Å²) in [7, 11) is 0. The standard InChI is InChI=1S/C6H10.C5H10/c1-3-5-6-4-2;1-3-5-4-2/h3,5-6H,1,4H2,2H3;3H,1,4-5H2,2H3. The number of rotatable bonds is 4. The Morgan fingerprint density at radius 3 is 1.91 bits per heavy atom. The van der Waals surface area contributed by atoms with Gasteiger partial charge >= 0.3 is 0 Å². The van der Waals surface area contributed by atoms with Crippen LogP contribution < -0.4 is 0 Å². The molecule has 0 saturated heterocycles. The van der Waals surface area contributed by atoms with Crippen molar-refractivity contribution < 1.29 is 0 Å². The average Bonchev–Trinajstić information content (AvgIpc) is 2.04. The van der Waals surface area contributed by atoms with Crippen LogP contribution in [0.15, 0.2) is 37.5 Å². The Bertz CT molecular complexity index is 98.6. The number of hydrogen-bond acceptors (Lipinski definition) is 0. The number of allylic oxidation sites excluding steroid dienone is 4. The van der Waals surface area contributed by atoms with E-state index < -0.39 is 0 Å². The largest absolute Gasteiger partial charge is 0.103 e. The van der Waals surface area contributed by atoms with Crippen molar-refractivity contribution in [1.29, 1.82) is 0 Å². The second-order valence-corrected chi connectivity index (χ2v) is 2.15. The molecule has 0 nitrogen and oxygen atoms in total. The van der Waals surface area contributed by atoms with E-state index >= 15 is 0 Å². The lowest BCUT2D eigenvalue weighted by Gasteiger charge is -1.72. The Hall–Kier alpha value is -0.780. The van der Waals surface area contributed by atoms with Gasteiger partial charge in [0, 0.05) is 0 Å². The van der Waals surface area contributed by atoms with E-state index in [1.165, 1.54) is 6.42 Å². The summed E-state index contributed by atoms with van der Waals surface area (Å²) in [5, 5.41) is 0. The van der Waals surface area contributed by atoms with Gasteiger partial charge in [-0.05, 0) is 12.8 Å². The molecule has 0 unspecified atom stereocenters. The lowest BCUT2D eigenvalue weighted by atomic mass is 10.3. The summed E-state index contributed by atoms with van der Waals surface area (Å²) < 4.78 is 0. The van der Waals surface area contributed by atoms with E-state index in [-0.39, 0.29) is 0 Å². The minimum absolute atomic E-state index is 1.10. The molecular weight excluding hydrogens is 132 g/mol. The molecule has 0 atom stereocenters. The lowest BCUT2D eigenvalue weighted by molar-refractivity contribution is 0.961. The van der Waals surface area contributed by atoms with Crippen molar-refractivity contribution in [2.45, 2.75) is 33.1 Å². The second kappa shape index (κ2) is 16.1. The first-order valence-corrected chi connectivity index (χ1v) is 4.21. The third-order valence-corrected chi connectivity index (χ3v) is 1.00. The fourth-order valence-corrected chi connectivity index (χ4v) is 0.436. The van der Waals surface area contributed by atoms with Crippen LogP contribution in [0, 0.1) is 0 Å². The minimum atomic E-state index is 1.10. The Labute approximate surface area is 71.3 Å². The first-order chi connectivity index (χ1) is 5.33. The molecule has 0 heterocycles. The van der Waals surface area contributed by atoms with Gasteiger partial charge in [-0.3, -0.25) is 0 Å². The summed E-state index contributed by atoms with van der Waals surface area (Å²) in [4.78, 5) is 0. The molecule has 11 heavy (non-hydrogen) atoms. The van der Waals surface area contributed by atoms with E-state index in [1.807, 2.05) is 12.2 Å². The van der Waals surface area contributed by atoms with Gasteiger partial charge in [0.2, 0.25) is 0 Å². The number of unbranched alkanes of at least 4 members (excludes halogenated alkanes) is 1. The van der Waals surface area contributed by atoms with Gasteiger partial charge < -0.3 is 0 Å². The van der Waals surface area contributed by atoms with Crippen LogP contribution in [0.1, 0.15) is 33.1 Å². The van der Waals surface area contributed by atoms with E-state index in [9.17, 15) is 0 Å². The van der Waals surface area contributed by atoms with E-state index in [1.54, 1.807) is 6.08 Å². The molecule has 0 aromatic rings. The van der Waals surface area contributed by atoms with Crippen LogP contribution in [-0.4, -0.2) is 0 Å². The molecule has 64 valence electrons. The molecule has 0 amide bonds. The van der Waals surface area contributed by atoms with Crippen molar-refractivity contribution >= 4 is 0 Å². The van der Waals surface area contributed by atoms with Gasteiger partial charge in [-0.25, -0.2) is 0 Å². The Morgan fingerprint density at radius 2 is 1.82 bits per heavy atom. The Morgan fingerprint density at radius 1 is 1.18 bits per heavy atom. The highest BCUT2D eigenvalue weighted by Crippen LogP contribution is 1.82. The predicted octanol–water partition coefficient (Wildman–Crippen LogP) is 4.11. The van der Waals surface area contributed by atoms with Crippen LogP contribution in [0.25, 0.3) is 0 Å². The Kier molecular flexibility index (Phi) is 18.8. The van der Waals surface area contributed by atoms with E-state index in [0.29, 0.717) is 0 Å². The van der Waals surface area contributed by atoms with Crippen molar-refractivity contribution in [2.75, 3.05) is 0 Å². The maximum Gasteiger partial charge on any atom is -0.0356 e. The van der Waals surface area contributed by atoms with Gasteiger partial charge in [0.05, 0.1) is 0 Å². The molecule has 0 aliphatic carbocycles. The van der Waals surface area contributed by atoms with Gasteiger partial charge in [-0.1, -0.05) is 51.2 Å². The fourth-order valence-electron chi connectivity index (χ4n) is 0.436. The summed E-state index contributed by atoms with van der Waals surface area (Å²) >= 11 is 0. The molecule has 0 spiro atoms. The van der Waals surface area contributed by atoms with Crippen LogP contribution in [0.2, 0.25) is 0 Å². The van der Waals surface area contributed by atoms with Crippen molar-refractivity contribution in [2.24, 2.45) is 0 Å². The molecule has 0 aromatic carbocycles. The maximum atomic E-state index is 3.55. The summed E-state index contributed by atoms with van der Waals surface area (Å²) in [6.45, 7) is 11.3. The quantitative estimate of drug-likeness (QED) is 0.420. The Balaban J connectivity index is 0. The zero-order valence-corrected chi connectivity index (χ0v) is 7.84. The summed E-state index contributed by atoms with van der Waals surface area (Å²) in [6, 6.07) is 0. The highest BCUT2D eigenvalue weighted by atomic mass is 13.7. The fraction of sp³-hybridized carbons (Fsp3) is 0.455. The average molecular weight is 152 g/mol. The van der Waals surface area contributed by atoms with Crippen LogP contribution in [0.5, 0.6) is 0 Å². The lowest BCUT2D eigenvalue weighted by Crippen LogP contribution is -1.52.